The van der Waals surface area contributed by atoms with Gasteiger partial charge in [0, 0.05) is 22.6 Å². The zero-order valence-electron chi connectivity index (χ0n) is 9.33. The zero-order valence-corrected chi connectivity index (χ0v) is 10.1. The van der Waals surface area contributed by atoms with Gasteiger partial charge in [0.05, 0.1) is 11.0 Å². The van der Waals surface area contributed by atoms with E-state index in [9.17, 15) is 23.5 Å². The van der Waals surface area contributed by atoms with Crippen LogP contribution in [0, 0.1) is 15.9 Å². The molecule has 0 amide bonds. The van der Waals surface area contributed by atoms with Crippen molar-refractivity contribution in [2.75, 3.05) is 0 Å². The highest BCUT2D eigenvalue weighted by atomic mass is 32.2. The summed E-state index contributed by atoms with van der Waals surface area (Å²) in [6.45, 7) is 1.26. The Morgan fingerprint density at radius 1 is 1.56 bits per heavy atom. The third-order valence-electron chi connectivity index (χ3n) is 2.20. The van der Waals surface area contributed by atoms with Crippen LogP contribution in [-0.4, -0.2) is 25.5 Å². The number of hydrogen-bond donors (Lipinski definition) is 1. The number of benzene rings is 1. The van der Waals surface area contributed by atoms with Crippen molar-refractivity contribution in [1.82, 2.24) is 0 Å². The van der Waals surface area contributed by atoms with E-state index in [1.165, 1.54) is 6.92 Å². The van der Waals surface area contributed by atoms with E-state index in [4.69, 9.17) is 5.11 Å². The first-order chi connectivity index (χ1) is 8.31. The quantitative estimate of drug-likeness (QED) is 0.648. The molecule has 0 radical (unpaired) electrons. The predicted octanol–water partition coefficient (Wildman–Crippen LogP) is 1.46. The van der Waals surface area contributed by atoms with Gasteiger partial charge < -0.3 is 5.11 Å². The number of nitro groups is 1. The number of halogens is 1. The lowest BCUT2D eigenvalue weighted by molar-refractivity contribution is -0.385. The Morgan fingerprint density at radius 3 is 2.67 bits per heavy atom. The summed E-state index contributed by atoms with van der Waals surface area (Å²) in [5.41, 5.74) is -0.321. The van der Waals surface area contributed by atoms with Gasteiger partial charge in [-0.25, -0.2) is 4.39 Å². The summed E-state index contributed by atoms with van der Waals surface area (Å²) in [6, 6.07) is 2.82. The molecule has 6 nitrogen and oxygen atoms in total. The molecule has 0 bridgehead atoms. The predicted molar refractivity (Wildman–Crippen MR) is 62.0 cm³/mol. The summed E-state index contributed by atoms with van der Waals surface area (Å²) in [6.07, 6.45) is 0. The number of carboxylic acid groups (broad SMARTS) is 1. The highest BCUT2D eigenvalue weighted by Gasteiger charge is 2.20. The number of rotatable bonds is 5. The van der Waals surface area contributed by atoms with E-state index in [1.807, 2.05) is 0 Å². The molecule has 0 saturated heterocycles. The van der Waals surface area contributed by atoms with Crippen LogP contribution in [0.5, 0.6) is 0 Å². The summed E-state index contributed by atoms with van der Waals surface area (Å²) in [4.78, 5) is 20.3. The maximum atomic E-state index is 13.1. The summed E-state index contributed by atoms with van der Waals surface area (Å²) in [7, 11) is -1.76. The number of carbonyl (C=O) groups is 1. The van der Waals surface area contributed by atoms with E-state index in [0.717, 1.165) is 18.2 Å². The summed E-state index contributed by atoms with van der Waals surface area (Å²) < 4.78 is 24.7. The molecular weight excluding hydrogens is 265 g/mol. The lowest BCUT2D eigenvalue weighted by atomic mass is 10.2. The monoisotopic (exact) mass is 275 g/mol. The zero-order chi connectivity index (χ0) is 13.9. The van der Waals surface area contributed by atoms with Gasteiger partial charge in [0.25, 0.3) is 5.69 Å². The van der Waals surface area contributed by atoms with Gasteiger partial charge in [-0.2, -0.15) is 0 Å². The standard InChI is InChI=1S/C10H10FNO5S/c1-6(10(13)14)18(17)5-7-2-8(11)4-9(3-7)12(15)16/h2-4,6H,5H2,1H3,(H,13,14). The average Bonchev–Trinajstić information content (AvgIpc) is 2.26. The minimum atomic E-state index is -1.76. The highest BCUT2D eigenvalue weighted by molar-refractivity contribution is 7.85. The Bertz CT molecular complexity index is 519. The fourth-order valence-electron chi connectivity index (χ4n) is 1.22. The molecule has 0 aliphatic heterocycles. The summed E-state index contributed by atoms with van der Waals surface area (Å²) in [5, 5.41) is 18.0. The van der Waals surface area contributed by atoms with Gasteiger partial charge in [-0.1, -0.05) is 0 Å². The van der Waals surface area contributed by atoms with Gasteiger partial charge in [-0.05, 0) is 18.6 Å². The van der Waals surface area contributed by atoms with Crippen LogP contribution < -0.4 is 0 Å². The largest absolute Gasteiger partial charge is 0.480 e. The van der Waals surface area contributed by atoms with Crippen LogP contribution in [0.4, 0.5) is 10.1 Å². The smallest absolute Gasteiger partial charge is 0.318 e. The molecule has 1 N–H and O–H groups in total. The molecule has 1 rings (SSSR count). The number of aliphatic carboxylic acids is 1. The molecular formula is C10H10FNO5S. The maximum absolute atomic E-state index is 13.1. The van der Waals surface area contributed by atoms with E-state index < -0.39 is 38.4 Å². The molecule has 1 aromatic carbocycles. The second-order valence-electron chi connectivity index (χ2n) is 3.58. The first-order valence-electron chi connectivity index (χ1n) is 4.85. The molecule has 2 atom stereocenters. The molecule has 98 valence electrons. The van der Waals surface area contributed by atoms with Crippen LogP contribution in [0.2, 0.25) is 0 Å². The Kier molecular flexibility index (Phi) is 4.49. The molecule has 0 aliphatic carbocycles. The van der Waals surface area contributed by atoms with Crippen molar-refractivity contribution in [3.05, 3.63) is 39.7 Å². The maximum Gasteiger partial charge on any atom is 0.318 e. The van der Waals surface area contributed by atoms with Gasteiger partial charge in [0.2, 0.25) is 0 Å². The van der Waals surface area contributed by atoms with Crippen LogP contribution in [0.15, 0.2) is 18.2 Å². The molecule has 0 spiro atoms. The fourth-order valence-corrected chi connectivity index (χ4v) is 2.19. The minimum Gasteiger partial charge on any atom is -0.480 e. The third kappa shape index (κ3) is 3.59. The van der Waals surface area contributed by atoms with Crippen molar-refractivity contribution >= 4 is 22.5 Å². The first kappa shape index (κ1) is 14.2. The lowest BCUT2D eigenvalue weighted by Gasteiger charge is -2.06. The van der Waals surface area contributed by atoms with Gasteiger partial charge in [0.15, 0.2) is 0 Å². The molecule has 0 fully saturated rings. The van der Waals surface area contributed by atoms with Crippen LogP contribution >= 0.6 is 0 Å². The van der Waals surface area contributed by atoms with Gasteiger partial charge >= 0.3 is 5.97 Å². The normalized spacial score (nSPS) is 13.9. The van der Waals surface area contributed by atoms with Crippen LogP contribution in [0.25, 0.3) is 0 Å². The van der Waals surface area contributed by atoms with Gasteiger partial charge in [-0.15, -0.1) is 0 Å². The molecule has 0 aromatic heterocycles. The van der Waals surface area contributed by atoms with Crippen LogP contribution in [0.3, 0.4) is 0 Å². The van der Waals surface area contributed by atoms with E-state index in [-0.39, 0.29) is 11.3 Å². The number of carboxylic acids is 1. The Morgan fingerprint density at radius 2 is 2.17 bits per heavy atom. The van der Waals surface area contributed by atoms with E-state index in [2.05, 4.69) is 0 Å². The molecule has 18 heavy (non-hydrogen) atoms. The number of hydrogen-bond acceptors (Lipinski definition) is 4. The summed E-state index contributed by atoms with van der Waals surface area (Å²) in [5.74, 6) is -2.30. The number of nitrogens with zero attached hydrogens (tertiary/aromatic N) is 1. The van der Waals surface area contributed by atoms with Crippen molar-refractivity contribution in [3.63, 3.8) is 0 Å². The molecule has 0 aliphatic rings. The molecule has 8 heteroatoms. The summed E-state index contributed by atoms with van der Waals surface area (Å²) >= 11 is 0. The highest BCUT2D eigenvalue weighted by Crippen LogP contribution is 2.18. The molecule has 0 saturated carbocycles. The Labute approximate surface area is 104 Å². The molecule has 2 unspecified atom stereocenters. The number of nitro benzene ring substituents is 1. The van der Waals surface area contributed by atoms with Crippen molar-refractivity contribution in [1.29, 1.82) is 0 Å². The average molecular weight is 275 g/mol. The van der Waals surface area contributed by atoms with Crippen molar-refractivity contribution in [2.45, 2.75) is 17.9 Å². The minimum absolute atomic E-state index is 0.133. The van der Waals surface area contributed by atoms with Crippen LogP contribution in [0.1, 0.15) is 12.5 Å². The first-order valence-corrected chi connectivity index (χ1v) is 6.23. The second kappa shape index (κ2) is 5.67. The number of non-ortho nitro benzene ring substituents is 1. The molecule has 1 aromatic rings. The topological polar surface area (TPSA) is 97.5 Å². The fraction of sp³-hybridized carbons (Fsp3) is 0.300. The lowest BCUT2D eigenvalue weighted by Crippen LogP contribution is -2.22. The molecule has 0 heterocycles. The van der Waals surface area contributed by atoms with Gasteiger partial charge in [0.1, 0.15) is 11.1 Å². The van der Waals surface area contributed by atoms with Crippen molar-refractivity contribution in [3.8, 4) is 0 Å². The van der Waals surface area contributed by atoms with Crippen LogP contribution in [-0.2, 0) is 21.3 Å². The Hall–Kier alpha value is -1.83. The van der Waals surface area contributed by atoms with Crippen molar-refractivity contribution in [2.24, 2.45) is 0 Å². The Balaban J connectivity index is 2.94. The second-order valence-corrected chi connectivity index (χ2v) is 5.34. The van der Waals surface area contributed by atoms with E-state index in [1.54, 1.807) is 0 Å². The SMILES string of the molecule is CC(C(=O)O)S(=O)Cc1cc(F)cc([N+](=O)[O-])c1. The van der Waals surface area contributed by atoms with E-state index >= 15 is 0 Å². The third-order valence-corrected chi connectivity index (χ3v) is 3.81. The van der Waals surface area contributed by atoms with E-state index in [0.29, 0.717) is 0 Å². The van der Waals surface area contributed by atoms with Gasteiger partial charge in [-0.3, -0.25) is 19.1 Å². The van der Waals surface area contributed by atoms with Crippen molar-refractivity contribution < 1.29 is 23.4 Å².